The molecule has 2 heterocycles. The Hall–Kier alpha value is -3.15. The van der Waals surface area contributed by atoms with Gasteiger partial charge < -0.3 is 14.4 Å². The summed E-state index contributed by atoms with van der Waals surface area (Å²) in [5.41, 5.74) is 3.75. The first-order valence-electron chi connectivity index (χ1n) is 14.4. The van der Waals surface area contributed by atoms with Gasteiger partial charge in [0.2, 0.25) is 11.8 Å². The summed E-state index contributed by atoms with van der Waals surface area (Å²) >= 11 is 0. The zero-order valence-electron chi connectivity index (χ0n) is 21.8. The standard InChI is InChI=1S/C31H38N4O2/c36-29-19-10-20-33(29)26-16-9-11-23(21-26)31-32-27-17-7-8-18-28(27)34(31)22-30(37)35(24-12-3-1-4-13-24)25-14-5-2-6-15-25/h7-9,11,16-18,21,24-25H,1-6,10,12-15,19-20,22H2. The number of rotatable bonds is 6. The number of fused-ring (bicyclic) bond motifs is 1. The minimum atomic E-state index is 0.177. The number of carbonyl (C=O) groups excluding carboxylic acids is 2. The van der Waals surface area contributed by atoms with E-state index in [0.29, 0.717) is 25.0 Å². The lowest BCUT2D eigenvalue weighted by Crippen LogP contribution is -2.50. The molecule has 2 aromatic carbocycles. The molecule has 2 aliphatic carbocycles. The lowest BCUT2D eigenvalue weighted by molar-refractivity contribution is -0.138. The Bertz CT molecular complexity index is 1250. The van der Waals surface area contributed by atoms with Crippen molar-refractivity contribution in [3.05, 3.63) is 48.5 Å². The van der Waals surface area contributed by atoms with Crippen LogP contribution in [0.15, 0.2) is 48.5 Å². The summed E-state index contributed by atoms with van der Waals surface area (Å²) in [6, 6.07) is 17.0. The maximum atomic E-state index is 14.2. The van der Waals surface area contributed by atoms with Crippen LogP contribution in [0.4, 0.5) is 5.69 Å². The molecule has 0 spiro atoms. The van der Waals surface area contributed by atoms with Crippen molar-refractivity contribution in [3.63, 3.8) is 0 Å². The molecule has 1 saturated heterocycles. The van der Waals surface area contributed by atoms with E-state index in [2.05, 4.69) is 21.6 Å². The molecule has 3 aliphatic rings. The van der Waals surface area contributed by atoms with Gasteiger partial charge in [0, 0.05) is 36.3 Å². The second-order valence-electron chi connectivity index (χ2n) is 11.1. The fourth-order valence-corrected chi connectivity index (χ4v) is 6.83. The molecule has 6 heteroatoms. The average molecular weight is 499 g/mol. The number of imidazole rings is 1. The molecule has 0 radical (unpaired) electrons. The van der Waals surface area contributed by atoms with Crippen molar-refractivity contribution in [2.75, 3.05) is 11.4 Å². The first-order chi connectivity index (χ1) is 18.2. The molecule has 0 atom stereocenters. The lowest BCUT2D eigenvalue weighted by Gasteiger charge is -2.42. The van der Waals surface area contributed by atoms with Gasteiger partial charge in [-0.15, -0.1) is 0 Å². The van der Waals surface area contributed by atoms with E-state index in [4.69, 9.17) is 4.98 Å². The molecule has 37 heavy (non-hydrogen) atoms. The molecule has 6 rings (SSSR count). The van der Waals surface area contributed by atoms with Crippen LogP contribution >= 0.6 is 0 Å². The third-order valence-electron chi connectivity index (χ3n) is 8.66. The number of carbonyl (C=O) groups is 2. The summed E-state index contributed by atoms with van der Waals surface area (Å²) in [6.07, 6.45) is 13.5. The Morgan fingerprint density at radius 2 is 1.57 bits per heavy atom. The number of nitrogens with zero attached hydrogens (tertiary/aromatic N) is 4. The van der Waals surface area contributed by atoms with E-state index in [0.717, 1.165) is 66.8 Å². The molecule has 0 N–H and O–H groups in total. The molecular formula is C31H38N4O2. The first kappa shape index (κ1) is 24.2. The molecule has 6 nitrogen and oxygen atoms in total. The van der Waals surface area contributed by atoms with Crippen LogP contribution in [-0.4, -0.2) is 44.9 Å². The number of hydrogen-bond acceptors (Lipinski definition) is 3. The minimum Gasteiger partial charge on any atom is -0.335 e. The van der Waals surface area contributed by atoms with Gasteiger partial charge in [0.05, 0.1) is 11.0 Å². The number of benzene rings is 2. The van der Waals surface area contributed by atoms with Gasteiger partial charge in [0.15, 0.2) is 0 Å². The van der Waals surface area contributed by atoms with Gasteiger partial charge in [-0.1, -0.05) is 62.8 Å². The number of anilines is 1. The molecule has 3 aromatic rings. The Kier molecular flexibility index (Phi) is 6.99. The van der Waals surface area contributed by atoms with Gasteiger partial charge in [-0.25, -0.2) is 4.98 Å². The van der Waals surface area contributed by atoms with Gasteiger partial charge in [-0.3, -0.25) is 9.59 Å². The molecular weight excluding hydrogens is 460 g/mol. The molecule has 0 unspecified atom stereocenters. The van der Waals surface area contributed by atoms with Crippen LogP contribution in [0.2, 0.25) is 0 Å². The molecule has 3 fully saturated rings. The fraction of sp³-hybridized carbons (Fsp3) is 0.516. The highest BCUT2D eigenvalue weighted by atomic mass is 16.2. The van der Waals surface area contributed by atoms with Gasteiger partial charge in [0.1, 0.15) is 12.4 Å². The summed E-state index contributed by atoms with van der Waals surface area (Å²) in [5.74, 6) is 1.21. The largest absolute Gasteiger partial charge is 0.335 e. The monoisotopic (exact) mass is 498 g/mol. The summed E-state index contributed by atoms with van der Waals surface area (Å²) in [7, 11) is 0. The van der Waals surface area contributed by atoms with Crippen LogP contribution in [0, 0.1) is 0 Å². The highest BCUT2D eigenvalue weighted by Gasteiger charge is 2.33. The van der Waals surface area contributed by atoms with Gasteiger partial charge in [0.25, 0.3) is 0 Å². The number of aromatic nitrogens is 2. The normalized spacial score (nSPS) is 19.6. The van der Waals surface area contributed by atoms with Gasteiger partial charge >= 0.3 is 0 Å². The predicted molar refractivity (Wildman–Crippen MR) is 147 cm³/mol. The second kappa shape index (κ2) is 10.7. The zero-order chi connectivity index (χ0) is 25.2. The quantitative estimate of drug-likeness (QED) is 0.399. The highest BCUT2D eigenvalue weighted by Crippen LogP contribution is 2.33. The molecule has 0 bridgehead atoms. The van der Waals surface area contributed by atoms with Crippen molar-refractivity contribution >= 4 is 28.5 Å². The van der Waals surface area contributed by atoms with Crippen molar-refractivity contribution in [2.24, 2.45) is 0 Å². The smallest absolute Gasteiger partial charge is 0.243 e. The Balaban J connectivity index is 1.36. The van der Waals surface area contributed by atoms with Crippen molar-refractivity contribution in [1.82, 2.24) is 14.5 Å². The summed E-state index contributed by atoms with van der Waals surface area (Å²) < 4.78 is 2.11. The van der Waals surface area contributed by atoms with E-state index < -0.39 is 0 Å². The van der Waals surface area contributed by atoms with Crippen molar-refractivity contribution < 1.29 is 9.59 Å². The maximum absolute atomic E-state index is 14.2. The van der Waals surface area contributed by atoms with Crippen LogP contribution < -0.4 is 4.90 Å². The van der Waals surface area contributed by atoms with E-state index in [1.165, 1.54) is 38.5 Å². The van der Waals surface area contributed by atoms with E-state index >= 15 is 0 Å². The van der Waals surface area contributed by atoms with E-state index in [9.17, 15) is 9.59 Å². The van der Waals surface area contributed by atoms with Gasteiger partial charge in [-0.05, 0) is 56.4 Å². The molecule has 1 aromatic heterocycles. The van der Waals surface area contributed by atoms with E-state index in [1.54, 1.807) is 0 Å². The minimum absolute atomic E-state index is 0.177. The Morgan fingerprint density at radius 3 is 2.24 bits per heavy atom. The highest BCUT2D eigenvalue weighted by molar-refractivity contribution is 5.96. The van der Waals surface area contributed by atoms with E-state index in [-0.39, 0.29) is 11.8 Å². The van der Waals surface area contributed by atoms with Crippen molar-refractivity contribution in [2.45, 2.75) is 95.7 Å². The maximum Gasteiger partial charge on any atom is 0.243 e. The third-order valence-corrected chi connectivity index (χ3v) is 8.66. The number of hydrogen-bond donors (Lipinski definition) is 0. The zero-order valence-corrected chi connectivity index (χ0v) is 21.8. The fourth-order valence-electron chi connectivity index (χ4n) is 6.83. The SMILES string of the molecule is O=C1CCCN1c1cccc(-c2nc3ccccc3n2CC(=O)N(C2CCCCC2)C2CCCCC2)c1. The predicted octanol–water partition coefficient (Wildman–Crippen LogP) is 6.32. The van der Waals surface area contributed by atoms with Crippen LogP contribution in [0.1, 0.15) is 77.0 Å². The number of para-hydroxylation sites is 2. The summed E-state index contributed by atoms with van der Waals surface area (Å²) in [6.45, 7) is 1.06. The van der Waals surface area contributed by atoms with Crippen LogP contribution in [0.5, 0.6) is 0 Å². The van der Waals surface area contributed by atoms with Crippen molar-refractivity contribution in [1.29, 1.82) is 0 Å². The average Bonchev–Trinajstić information content (AvgIpc) is 3.54. The summed E-state index contributed by atoms with van der Waals surface area (Å²) in [4.78, 5) is 35.8. The molecule has 2 amide bonds. The number of amides is 2. The van der Waals surface area contributed by atoms with Crippen LogP contribution in [-0.2, 0) is 16.1 Å². The first-order valence-corrected chi connectivity index (χ1v) is 14.4. The molecule has 2 saturated carbocycles. The second-order valence-corrected chi connectivity index (χ2v) is 11.1. The van der Waals surface area contributed by atoms with Gasteiger partial charge in [-0.2, -0.15) is 0 Å². The van der Waals surface area contributed by atoms with Crippen LogP contribution in [0.3, 0.4) is 0 Å². The molecule has 1 aliphatic heterocycles. The topological polar surface area (TPSA) is 58.4 Å². The summed E-state index contributed by atoms with van der Waals surface area (Å²) in [5, 5.41) is 0. The Labute approximate surface area is 219 Å². The third kappa shape index (κ3) is 4.90. The lowest BCUT2D eigenvalue weighted by atomic mass is 9.88. The van der Waals surface area contributed by atoms with Crippen LogP contribution in [0.25, 0.3) is 22.4 Å². The van der Waals surface area contributed by atoms with Crippen molar-refractivity contribution in [3.8, 4) is 11.4 Å². The molecule has 194 valence electrons. The Morgan fingerprint density at radius 1 is 0.865 bits per heavy atom. The van der Waals surface area contributed by atoms with E-state index in [1.807, 2.05) is 41.3 Å².